The van der Waals surface area contributed by atoms with Crippen molar-refractivity contribution in [1.29, 1.82) is 0 Å². The third kappa shape index (κ3) is 2.01. The molecule has 0 spiro atoms. The number of ketones is 1. The van der Waals surface area contributed by atoms with E-state index in [1.54, 1.807) is 0 Å². The van der Waals surface area contributed by atoms with E-state index >= 15 is 0 Å². The summed E-state index contributed by atoms with van der Waals surface area (Å²) in [6.45, 7) is 3.62. The number of hydrogen-bond acceptors (Lipinski definition) is 2. The van der Waals surface area contributed by atoms with Crippen molar-refractivity contribution in [3.8, 4) is 0 Å². The Morgan fingerprint density at radius 2 is 1.53 bits per heavy atom. The zero-order valence-corrected chi connectivity index (χ0v) is 10.4. The largest absolute Gasteiger partial charge is 0.389 e. The van der Waals surface area contributed by atoms with Crippen molar-refractivity contribution in [3.05, 3.63) is 0 Å². The lowest BCUT2D eigenvalue weighted by molar-refractivity contribution is -0.156. The molecule has 2 fully saturated rings. The molecule has 0 aromatic heterocycles. The molecule has 0 atom stereocenters. The molecule has 2 aliphatic carbocycles. The van der Waals surface area contributed by atoms with Crippen molar-refractivity contribution in [1.82, 2.24) is 0 Å². The fourth-order valence-corrected chi connectivity index (χ4v) is 3.13. The van der Waals surface area contributed by atoms with E-state index in [9.17, 15) is 18.7 Å². The van der Waals surface area contributed by atoms with Gasteiger partial charge >= 0.3 is 0 Å². The van der Waals surface area contributed by atoms with Gasteiger partial charge in [-0.2, -0.15) is 0 Å². The van der Waals surface area contributed by atoms with Gasteiger partial charge in [0, 0.05) is 18.8 Å². The lowest BCUT2D eigenvalue weighted by Crippen LogP contribution is -2.50. The van der Waals surface area contributed by atoms with Crippen molar-refractivity contribution < 1.29 is 18.7 Å². The molecule has 2 nitrogen and oxygen atoms in total. The van der Waals surface area contributed by atoms with Gasteiger partial charge in [-0.15, -0.1) is 0 Å². The van der Waals surface area contributed by atoms with Gasteiger partial charge in [0.05, 0.1) is 11.0 Å². The summed E-state index contributed by atoms with van der Waals surface area (Å²) in [5.74, 6) is -2.75. The Balaban J connectivity index is 2.15. The van der Waals surface area contributed by atoms with Crippen molar-refractivity contribution in [3.63, 3.8) is 0 Å². The van der Waals surface area contributed by atoms with Crippen LogP contribution >= 0.6 is 0 Å². The zero-order valence-electron chi connectivity index (χ0n) is 10.4. The highest BCUT2D eigenvalue weighted by Crippen LogP contribution is 2.61. The van der Waals surface area contributed by atoms with Crippen LogP contribution in [0.5, 0.6) is 0 Å². The lowest BCUT2D eigenvalue weighted by Gasteiger charge is -2.42. The number of rotatable bonds is 3. The van der Waals surface area contributed by atoms with Crippen LogP contribution in [-0.2, 0) is 4.79 Å². The van der Waals surface area contributed by atoms with E-state index in [1.807, 2.05) is 13.8 Å². The number of alkyl halides is 2. The Hall–Kier alpha value is -0.510. The van der Waals surface area contributed by atoms with Crippen LogP contribution in [0.3, 0.4) is 0 Å². The van der Waals surface area contributed by atoms with Gasteiger partial charge in [-0.05, 0) is 25.7 Å². The van der Waals surface area contributed by atoms with E-state index in [1.165, 1.54) is 0 Å². The molecule has 0 unspecified atom stereocenters. The first-order valence-electron chi connectivity index (χ1n) is 6.37. The summed E-state index contributed by atoms with van der Waals surface area (Å²) >= 11 is 0. The second kappa shape index (κ2) is 3.74. The van der Waals surface area contributed by atoms with Crippen molar-refractivity contribution in [2.75, 3.05) is 0 Å². The minimum absolute atomic E-state index is 0.0465. The summed E-state index contributed by atoms with van der Waals surface area (Å²) in [6.07, 6.45) is 0.836. The molecule has 0 saturated heterocycles. The van der Waals surface area contributed by atoms with Crippen molar-refractivity contribution in [2.24, 2.45) is 11.3 Å². The molecule has 0 aromatic carbocycles. The first-order valence-corrected chi connectivity index (χ1v) is 6.37. The number of carbonyl (C=O) groups excluding carboxylic acids is 1. The van der Waals surface area contributed by atoms with E-state index in [-0.39, 0.29) is 37.4 Å². The Kier molecular flexibility index (Phi) is 2.85. The molecule has 1 N–H and O–H groups in total. The minimum atomic E-state index is -2.66. The first kappa shape index (κ1) is 12.9. The van der Waals surface area contributed by atoms with Crippen LogP contribution < -0.4 is 0 Å². The number of halogens is 2. The van der Waals surface area contributed by atoms with Crippen LogP contribution in [0.1, 0.15) is 52.4 Å². The van der Waals surface area contributed by atoms with Crippen LogP contribution in [0.25, 0.3) is 0 Å². The van der Waals surface area contributed by atoms with Crippen LogP contribution in [0.15, 0.2) is 0 Å². The Bertz CT molecular complexity index is 322. The second-order valence-electron chi connectivity index (χ2n) is 5.99. The molecule has 0 radical (unpaired) electrons. The van der Waals surface area contributed by atoms with Crippen molar-refractivity contribution >= 4 is 5.78 Å². The summed E-state index contributed by atoms with van der Waals surface area (Å²) < 4.78 is 26.2. The maximum Gasteiger partial charge on any atom is 0.248 e. The fraction of sp³-hybridized carbons (Fsp3) is 0.923. The molecule has 2 saturated carbocycles. The van der Waals surface area contributed by atoms with Gasteiger partial charge in [0.25, 0.3) is 0 Å². The Labute approximate surface area is 100 Å². The Morgan fingerprint density at radius 3 is 1.88 bits per heavy atom. The number of Topliss-reactive ketones (excluding diaryl/α,β-unsaturated/α-hetero) is 1. The SMILES string of the molecule is CC(C)C(=O)C1(C2(O)CCC(F)(F)CC2)CC1. The average molecular weight is 246 g/mol. The third-order valence-electron chi connectivity index (χ3n) is 4.45. The topological polar surface area (TPSA) is 37.3 Å². The average Bonchev–Trinajstić information content (AvgIpc) is 3.03. The number of carbonyl (C=O) groups is 1. The highest BCUT2D eigenvalue weighted by atomic mass is 19.3. The second-order valence-corrected chi connectivity index (χ2v) is 5.99. The molecule has 2 rings (SSSR count). The maximum atomic E-state index is 13.1. The standard InChI is InChI=1S/C13H20F2O2/c1-9(2)10(16)11(3-4-11)12(17)5-7-13(14,15)8-6-12/h9,17H,3-8H2,1-2H3. The lowest BCUT2D eigenvalue weighted by atomic mass is 9.69. The van der Waals surface area contributed by atoms with Gasteiger partial charge in [0.2, 0.25) is 5.92 Å². The summed E-state index contributed by atoms with van der Waals surface area (Å²) in [7, 11) is 0. The highest BCUT2D eigenvalue weighted by Gasteiger charge is 2.65. The molecule has 2 aliphatic rings. The van der Waals surface area contributed by atoms with Gasteiger partial charge in [-0.3, -0.25) is 4.79 Å². The van der Waals surface area contributed by atoms with E-state index in [2.05, 4.69) is 0 Å². The van der Waals surface area contributed by atoms with Crippen LogP contribution in [-0.4, -0.2) is 22.4 Å². The molecule has 0 heterocycles. The summed E-state index contributed by atoms with van der Waals surface area (Å²) in [4.78, 5) is 12.1. The third-order valence-corrected chi connectivity index (χ3v) is 4.45. The van der Waals surface area contributed by atoms with Crippen molar-refractivity contribution in [2.45, 2.75) is 63.9 Å². The van der Waals surface area contributed by atoms with E-state index in [4.69, 9.17) is 0 Å². The molecule has 0 bridgehead atoms. The van der Waals surface area contributed by atoms with Gasteiger partial charge in [-0.25, -0.2) is 8.78 Å². The number of hydrogen-bond donors (Lipinski definition) is 1. The van der Waals surface area contributed by atoms with E-state index in [0.717, 1.165) is 0 Å². The predicted octanol–water partition coefficient (Wildman–Crippen LogP) is 2.93. The first-order chi connectivity index (χ1) is 7.73. The molecule has 98 valence electrons. The van der Waals surface area contributed by atoms with Gasteiger partial charge in [0.1, 0.15) is 5.78 Å². The number of aliphatic hydroxyl groups is 1. The van der Waals surface area contributed by atoms with E-state index < -0.39 is 16.9 Å². The normalized spacial score (nSPS) is 29.1. The molecule has 0 amide bonds. The minimum Gasteiger partial charge on any atom is -0.389 e. The predicted molar refractivity (Wildman–Crippen MR) is 59.9 cm³/mol. The summed E-state index contributed by atoms with van der Waals surface area (Å²) in [6, 6.07) is 0. The fourth-order valence-electron chi connectivity index (χ4n) is 3.13. The van der Waals surface area contributed by atoms with Crippen LogP contribution in [0, 0.1) is 11.3 Å². The molecular formula is C13H20F2O2. The maximum absolute atomic E-state index is 13.1. The summed E-state index contributed by atoms with van der Waals surface area (Å²) in [5.41, 5.74) is -1.90. The highest BCUT2D eigenvalue weighted by molar-refractivity contribution is 5.90. The molecule has 4 heteroatoms. The zero-order chi connectivity index (χ0) is 12.9. The van der Waals surface area contributed by atoms with Gasteiger partial charge < -0.3 is 5.11 Å². The monoisotopic (exact) mass is 246 g/mol. The van der Waals surface area contributed by atoms with E-state index in [0.29, 0.717) is 12.8 Å². The molecule has 0 aromatic rings. The van der Waals surface area contributed by atoms with Crippen LogP contribution in [0.2, 0.25) is 0 Å². The molecular weight excluding hydrogens is 226 g/mol. The van der Waals surface area contributed by atoms with Gasteiger partial charge in [0.15, 0.2) is 0 Å². The quantitative estimate of drug-likeness (QED) is 0.831. The molecule has 0 aliphatic heterocycles. The molecule has 17 heavy (non-hydrogen) atoms. The smallest absolute Gasteiger partial charge is 0.248 e. The van der Waals surface area contributed by atoms with Crippen LogP contribution in [0.4, 0.5) is 8.78 Å². The summed E-state index contributed by atoms with van der Waals surface area (Å²) in [5, 5.41) is 10.6. The van der Waals surface area contributed by atoms with Gasteiger partial charge in [-0.1, -0.05) is 13.8 Å². The Morgan fingerprint density at radius 1 is 1.06 bits per heavy atom.